The number of hydrogen-bond donors (Lipinski definition) is 3. The van der Waals surface area contributed by atoms with E-state index in [4.69, 9.17) is 4.74 Å². The molecule has 10 nitrogen and oxygen atoms in total. The highest BCUT2D eigenvalue weighted by Crippen LogP contribution is 2.26. The molecule has 2 amide bonds. The Balaban J connectivity index is 1.99. The molecule has 192 valence electrons. The quantitative estimate of drug-likeness (QED) is 0.364. The Labute approximate surface area is 207 Å². The number of benzene rings is 1. The van der Waals surface area contributed by atoms with Crippen LogP contribution in [0.25, 0.3) is 11.0 Å². The zero-order chi connectivity index (χ0) is 26.2. The molecule has 0 saturated heterocycles. The van der Waals surface area contributed by atoms with Gasteiger partial charge in [0.1, 0.15) is 16.9 Å². The predicted molar refractivity (Wildman–Crippen MR) is 131 cm³/mol. The van der Waals surface area contributed by atoms with Gasteiger partial charge in [0.2, 0.25) is 0 Å². The summed E-state index contributed by atoms with van der Waals surface area (Å²) in [4.78, 5) is 41.9. The zero-order valence-corrected chi connectivity index (χ0v) is 20.3. The molecule has 0 saturated carbocycles. The normalized spacial score (nSPS) is 11.0. The minimum absolute atomic E-state index is 0.0108. The van der Waals surface area contributed by atoms with Crippen LogP contribution in [0.4, 0.5) is 9.18 Å². The molecule has 0 spiro atoms. The van der Waals surface area contributed by atoms with E-state index in [9.17, 15) is 23.9 Å². The summed E-state index contributed by atoms with van der Waals surface area (Å²) < 4.78 is 24.5. The van der Waals surface area contributed by atoms with Gasteiger partial charge in [0, 0.05) is 25.8 Å². The van der Waals surface area contributed by atoms with Crippen molar-refractivity contribution in [1.82, 2.24) is 20.2 Å². The van der Waals surface area contributed by atoms with Crippen LogP contribution in [0, 0.1) is 5.82 Å². The molecule has 0 radical (unpaired) electrons. The third-order valence-electron chi connectivity index (χ3n) is 5.31. The number of carbonyl (C=O) groups excluding carboxylic acids is 2. The van der Waals surface area contributed by atoms with E-state index in [-0.39, 0.29) is 49.2 Å². The summed E-state index contributed by atoms with van der Waals surface area (Å²) >= 11 is 0. The Morgan fingerprint density at radius 3 is 2.53 bits per heavy atom. The molecule has 0 aliphatic rings. The molecule has 3 aromatic rings. The topological polar surface area (TPSA) is 132 Å². The van der Waals surface area contributed by atoms with Gasteiger partial charge in [-0.2, -0.15) is 0 Å². The van der Waals surface area contributed by atoms with Gasteiger partial charge in [-0.05, 0) is 49.6 Å². The first kappa shape index (κ1) is 26.6. The second kappa shape index (κ2) is 12.1. The number of carbonyl (C=O) groups is 2. The van der Waals surface area contributed by atoms with Gasteiger partial charge in [0.05, 0.1) is 25.3 Å². The summed E-state index contributed by atoms with van der Waals surface area (Å²) in [6.45, 7) is 4.10. The first-order chi connectivity index (χ1) is 17.2. The van der Waals surface area contributed by atoms with Crippen LogP contribution >= 0.6 is 0 Å². The van der Waals surface area contributed by atoms with Crippen molar-refractivity contribution in [2.75, 3.05) is 26.8 Å². The van der Waals surface area contributed by atoms with Crippen molar-refractivity contribution in [3.8, 4) is 5.75 Å². The molecule has 0 aliphatic heterocycles. The standard InChI is InChI=1S/C25H29FN4O6/c1-15(2)36-11-9-27-23(32)20-22(31)21-19(30(24(20)33)10-8-28-25(34)35-3)13-17(14-29-21)12-16-4-6-18(26)7-5-16/h4-7,13-15,31H,8-12H2,1-3H3,(H,27,32)(H,28,34). The van der Waals surface area contributed by atoms with Gasteiger partial charge in [-0.1, -0.05) is 12.1 Å². The van der Waals surface area contributed by atoms with Crippen molar-refractivity contribution in [2.24, 2.45) is 0 Å². The Morgan fingerprint density at radius 1 is 1.14 bits per heavy atom. The van der Waals surface area contributed by atoms with E-state index in [0.29, 0.717) is 12.0 Å². The number of amides is 2. The zero-order valence-electron chi connectivity index (χ0n) is 20.3. The number of nitrogens with one attached hydrogen (secondary N) is 2. The van der Waals surface area contributed by atoms with Crippen LogP contribution in [-0.4, -0.2) is 59.6 Å². The van der Waals surface area contributed by atoms with E-state index in [1.807, 2.05) is 13.8 Å². The maximum absolute atomic E-state index is 13.3. The summed E-state index contributed by atoms with van der Waals surface area (Å²) in [6.07, 6.45) is 1.22. The second-order valence-corrected chi connectivity index (χ2v) is 8.29. The average Bonchev–Trinajstić information content (AvgIpc) is 2.85. The Morgan fingerprint density at radius 2 is 1.86 bits per heavy atom. The summed E-state index contributed by atoms with van der Waals surface area (Å²) in [5, 5.41) is 15.9. The van der Waals surface area contributed by atoms with Crippen LogP contribution in [-0.2, 0) is 22.4 Å². The number of fused-ring (bicyclic) bond motifs is 1. The van der Waals surface area contributed by atoms with Crippen molar-refractivity contribution in [3.63, 3.8) is 0 Å². The number of hydrogen-bond acceptors (Lipinski definition) is 7. The molecule has 3 N–H and O–H groups in total. The van der Waals surface area contributed by atoms with Gasteiger partial charge >= 0.3 is 6.09 Å². The summed E-state index contributed by atoms with van der Waals surface area (Å²) in [6, 6.07) is 7.65. The van der Waals surface area contributed by atoms with Crippen LogP contribution in [0.1, 0.15) is 35.3 Å². The molecule has 0 unspecified atom stereocenters. The fourth-order valence-electron chi connectivity index (χ4n) is 3.60. The number of aromatic nitrogens is 2. The van der Waals surface area contributed by atoms with Crippen molar-refractivity contribution >= 4 is 23.0 Å². The fourth-order valence-corrected chi connectivity index (χ4v) is 3.60. The molecular formula is C25H29FN4O6. The Hall–Kier alpha value is -3.99. The number of nitrogens with zero attached hydrogens (tertiary/aromatic N) is 2. The average molecular weight is 501 g/mol. The number of alkyl carbamates (subject to hydrolysis) is 1. The SMILES string of the molecule is COC(=O)NCCn1c(=O)c(C(=O)NCCOC(C)C)c(O)c2ncc(Cc3ccc(F)cc3)cc21. The van der Waals surface area contributed by atoms with Gasteiger partial charge in [-0.3, -0.25) is 14.6 Å². The highest BCUT2D eigenvalue weighted by molar-refractivity contribution is 6.01. The van der Waals surface area contributed by atoms with Crippen molar-refractivity contribution in [2.45, 2.75) is 32.9 Å². The van der Waals surface area contributed by atoms with Gasteiger partial charge in [0.15, 0.2) is 5.75 Å². The fraction of sp³-hybridized carbons (Fsp3) is 0.360. The molecule has 36 heavy (non-hydrogen) atoms. The van der Waals surface area contributed by atoms with Gasteiger partial charge in [-0.15, -0.1) is 0 Å². The Kier molecular flexibility index (Phi) is 8.96. The number of rotatable bonds is 10. The van der Waals surface area contributed by atoms with E-state index in [1.54, 1.807) is 18.2 Å². The number of pyridine rings is 2. The lowest BCUT2D eigenvalue weighted by Crippen LogP contribution is -2.37. The van der Waals surface area contributed by atoms with Crippen LogP contribution in [0.2, 0.25) is 0 Å². The molecule has 0 atom stereocenters. The number of aromatic hydroxyl groups is 1. The van der Waals surface area contributed by atoms with E-state index >= 15 is 0 Å². The first-order valence-electron chi connectivity index (χ1n) is 11.4. The smallest absolute Gasteiger partial charge is 0.406 e. The lowest BCUT2D eigenvalue weighted by atomic mass is 10.1. The molecule has 3 rings (SSSR count). The molecule has 1 aromatic carbocycles. The molecule has 0 aliphatic carbocycles. The third kappa shape index (κ3) is 6.57. The summed E-state index contributed by atoms with van der Waals surface area (Å²) in [5.41, 5.74) is 0.661. The highest BCUT2D eigenvalue weighted by Gasteiger charge is 2.23. The third-order valence-corrected chi connectivity index (χ3v) is 5.31. The van der Waals surface area contributed by atoms with Crippen LogP contribution in [0.5, 0.6) is 5.75 Å². The van der Waals surface area contributed by atoms with Gasteiger partial charge in [-0.25, -0.2) is 9.18 Å². The maximum Gasteiger partial charge on any atom is 0.406 e. The number of halogens is 1. The lowest BCUT2D eigenvalue weighted by Gasteiger charge is -2.16. The minimum Gasteiger partial charge on any atom is -0.505 e. The van der Waals surface area contributed by atoms with E-state index in [2.05, 4.69) is 20.4 Å². The van der Waals surface area contributed by atoms with E-state index in [1.165, 1.54) is 30.0 Å². The molecular weight excluding hydrogens is 471 g/mol. The molecule has 2 aromatic heterocycles. The highest BCUT2D eigenvalue weighted by atomic mass is 19.1. The summed E-state index contributed by atoms with van der Waals surface area (Å²) in [7, 11) is 1.22. The Bertz CT molecular complexity index is 1290. The van der Waals surface area contributed by atoms with Gasteiger partial charge in [0.25, 0.3) is 11.5 Å². The molecule has 11 heteroatoms. The largest absolute Gasteiger partial charge is 0.505 e. The van der Waals surface area contributed by atoms with Gasteiger partial charge < -0.3 is 29.8 Å². The van der Waals surface area contributed by atoms with E-state index < -0.39 is 28.9 Å². The molecule has 2 heterocycles. The first-order valence-corrected chi connectivity index (χ1v) is 11.4. The monoisotopic (exact) mass is 500 g/mol. The second-order valence-electron chi connectivity index (χ2n) is 8.29. The van der Waals surface area contributed by atoms with Crippen molar-refractivity contribution in [3.05, 3.63) is 69.4 Å². The number of ether oxygens (including phenoxy) is 2. The van der Waals surface area contributed by atoms with E-state index in [0.717, 1.165) is 5.56 Å². The minimum atomic E-state index is -0.765. The van der Waals surface area contributed by atoms with Crippen LogP contribution in [0.3, 0.4) is 0 Å². The summed E-state index contributed by atoms with van der Waals surface area (Å²) in [5.74, 6) is -1.66. The van der Waals surface area contributed by atoms with Crippen molar-refractivity contribution in [1.29, 1.82) is 0 Å². The lowest BCUT2D eigenvalue weighted by molar-refractivity contribution is 0.0745. The number of methoxy groups -OCH3 is 1. The van der Waals surface area contributed by atoms with Crippen LogP contribution in [0.15, 0.2) is 41.3 Å². The molecule has 0 fully saturated rings. The predicted octanol–water partition coefficient (Wildman–Crippen LogP) is 2.34. The molecule has 0 bridgehead atoms. The maximum atomic E-state index is 13.3. The van der Waals surface area contributed by atoms with Crippen LogP contribution < -0.4 is 16.2 Å². The van der Waals surface area contributed by atoms with Crippen molar-refractivity contribution < 1.29 is 28.6 Å².